The lowest BCUT2D eigenvalue weighted by Crippen LogP contribution is -2.50. The minimum atomic E-state index is -1.27. The van der Waals surface area contributed by atoms with Gasteiger partial charge < -0.3 is 36.8 Å². The molecule has 0 bridgehead atoms. The fraction of sp³-hybridized carbons (Fsp3) is 0.800. The van der Waals surface area contributed by atoms with E-state index in [2.05, 4.69) is 10.6 Å². The number of aliphatic hydroxyl groups is 2. The highest BCUT2D eigenvalue weighted by molar-refractivity contribution is 5.80. The standard InChI is InChI=1S/C10H21N3O6/c11-6(4-14)2-12-7(5-15)3-13-8(10(18)19)1-9(16)17/h6-8,12-15H,1-5,11H2,(H,16,17)(H,18,19)/t6?,7?,8-/m0/s1. The van der Waals surface area contributed by atoms with Crippen molar-refractivity contribution >= 4 is 11.9 Å². The zero-order valence-corrected chi connectivity index (χ0v) is 10.5. The number of aliphatic hydroxyl groups excluding tert-OH is 2. The topological polar surface area (TPSA) is 165 Å². The number of carboxylic acids is 2. The molecule has 9 nitrogen and oxygen atoms in total. The van der Waals surface area contributed by atoms with Crippen LogP contribution >= 0.6 is 0 Å². The Morgan fingerprint density at radius 1 is 1.05 bits per heavy atom. The maximum atomic E-state index is 10.8. The highest BCUT2D eigenvalue weighted by Gasteiger charge is 2.21. The zero-order valence-electron chi connectivity index (χ0n) is 10.5. The summed E-state index contributed by atoms with van der Waals surface area (Å²) in [6, 6.07) is -2.18. The summed E-state index contributed by atoms with van der Waals surface area (Å²) in [6.07, 6.45) is -0.552. The highest BCUT2D eigenvalue weighted by Crippen LogP contribution is 1.93. The van der Waals surface area contributed by atoms with Crippen LogP contribution in [0.4, 0.5) is 0 Å². The minimum Gasteiger partial charge on any atom is -0.481 e. The van der Waals surface area contributed by atoms with Gasteiger partial charge in [0.15, 0.2) is 0 Å². The van der Waals surface area contributed by atoms with Gasteiger partial charge in [0.25, 0.3) is 0 Å². The maximum absolute atomic E-state index is 10.8. The van der Waals surface area contributed by atoms with Crippen LogP contribution in [0.5, 0.6) is 0 Å². The van der Waals surface area contributed by atoms with E-state index in [4.69, 9.17) is 26.2 Å². The fourth-order valence-corrected chi connectivity index (χ4v) is 1.29. The Morgan fingerprint density at radius 2 is 1.68 bits per heavy atom. The molecular formula is C10H21N3O6. The van der Waals surface area contributed by atoms with Crippen molar-refractivity contribution in [3.63, 3.8) is 0 Å². The summed E-state index contributed by atoms with van der Waals surface area (Å²) in [7, 11) is 0. The van der Waals surface area contributed by atoms with Gasteiger partial charge in [0.05, 0.1) is 19.6 Å². The van der Waals surface area contributed by atoms with E-state index in [1.165, 1.54) is 0 Å². The average molecular weight is 279 g/mol. The van der Waals surface area contributed by atoms with Crippen molar-refractivity contribution in [2.75, 3.05) is 26.3 Å². The van der Waals surface area contributed by atoms with Gasteiger partial charge in [-0.2, -0.15) is 0 Å². The van der Waals surface area contributed by atoms with Gasteiger partial charge in [0, 0.05) is 25.2 Å². The Balaban J connectivity index is 4.15. The third kappa shape index (κ3) is 8.46. The molecule has 0 saturated heterocycles. The Labute approximate surface area is 110 Å². The highest BCUT2D eigenvalue weighted by atomic mass is 16.4. The van der Waals surface area contributed by atoms with E-state index in [-0.39, 0.29) is 26.3 Å². The van der Waals surface area contributed by atoms with Gasteiger partial charge in [-0.1, -0.05) is 0 Å². The lowest BCUT2D eigenvalue weighted by atomic mass is 10.2. The van der Waals surface area contributed by atoms with Crippen LogP contribution < -0.4 is 16.4 Å². The lowest BCUT2D eigenvalue weighted by molar-refractivity contribution is -0.146. The van der Waals surface area contributed by atoms with Crippen molar-refractivity contribution in [1.82, 2.24) is 10.6 Å². The van der Waals surface area contributed by atoms with Gasteiger partial charge in [-0.25, -0.2) is 0 Å². The van der Waals surface area contributed by atoms with Crippen LogP contribution in [0.25, 0.3) is 0 Å². The van der Waals surface area contributed by atoms with Crippen LogP contribution in [0, 0.1) is 0 Å². The molecule has 0 radical (unpaired) electrons. The molecule has 0 saturated carbocycles. The van der Waals surface area contributed by atoms with Crippen LogP contribution in [-0.4, -0.2) is 76.8 Å². The van der Waals surface area contributed by atoms with Crippen LogP contribution in [-0.2, 0) is 9.59 Å². The molecule has 0 aliphatic heterocycles. The predicted octanol–water partition coefficient (Wildman–Crippen LogP) is -3.23. The summed E-state index contributed by atoms with van der Waals surface area (Å²) < 4.78 is 0. The first-order chi connectivity index (χ1) is 8.90. The van der Waals surface area contributed by atoms with Crippen LogP contribution in [0.3, 0.4) is 0 Å². The summed E-state index contributed by atoms with van der Waals surface area (Å²) in [5.74, 6) is -2.50. The zero-order chi connectivity index (χ0) is 14.8. The van der Waals surface area contributed by atoms with Crippen molar-refractivity contribution in [3.05, 3.63) is 0 Å². The number of rotatable bonds is 11. The molecule has 3 atom stereocenters. The second kappa shape index (κ2) is 9.64. The van der Waals surface area contributed by atoms with E-state index in [9.17, 15) is 9.59 Å². The number of hydrogen-bond donors (Lipinski definition) is 7. The fourth-order valence-electron chi connectivity index (χ4n) is 1.29. The third-order valence-corrected chi connectivity index (χ3v) is 2.41. The summed E-state index contributed by atoms with van der Waals surface area (Å²) >= 11 is 0. The Bertz CT molecular complexity index is 288. The number of carbonyl (C=O) groups is 2. The van der Waals surface area contributed by atoms with Crippen LogP contribution in [0.1, 0.15) is 6.42 Å². The molecule has 0 aromatic carbocycles. The third-order valence-electron chi connectivity index (χ3n) is 2.41. The first kappa shape index (κ1) is 17.7. The van der Waals surface area contributed by atoms with Gasteiger partial charge in [-0.3, -0.25) is 9.59 Å². The van der Waals surface area contributed by atoms with E-state index in [0.717, 1.165) is 0 Å². The summed E-state index contributed by atoms with van der Waals surface area (Å²) in [6.45, 7) is -0.168. The maximum Gasteiger partial charge on any atom is 0.321 e. The number of aliphatic carboxylic acids is 2. The molecule has 0 aromatic heterocycles. The lowest BCUT2D eigenvalue weighted by Gasteiger charge is -2.21. The molecule has 0 rings (SSSR count). The summed E-state index contributed by atoms with van der Waals surface area (Å²) in [5, 5.41) is 40.5. The number of carboxylic acid groups (broad SMARTS) is 2. The molecule has 0 aliphatic carbocycles. The van der Waals surface area contributed by atoms with Gasteiger partial charge in [0.1, 0.15) is 6.04 Å². The molecule has 8 N–H and O–H groups in total. The van der Waals surface area contributed by atoms with Crippen molar-refractivity contribution in [2.24, 2.45) is 5.73 Å². The molecule has 0 amide bonds. The van der Waals surface area contributed by atoms with Gasteiger partial charge in [-0.05, 0) is 0 Å². The summed E-state index contributed by atoms with van der Waals surface area (Å²) in [5.41, 5.74) is 5.46. The SMILES string of the molecule is NC(CO)CNC(CO)CN[C@@H](CC(=O)O)C(=O)O. The Hall–Kier alpha value is -1.26. The second-order valence-electron chi connectivity index (χ2n) is 4.13. The van der Waals surface area contributed by atoms with Crippen molar-refractivity contribution in [3.8, 4) is 0 Å². The van der Waals surface area contributed by atoms with E-state index in [1.54, 1.807) is 0 Å². The van der Waals surface area contributed by atoms with E-state index in [0.29, 0.717) is 0 Å². The normalized spacial score (nSPS) is 15.7. The molecule has 2 unspecified atom stereocenters. The first-order valence-electron chi connectivity index (χ1n) is 5.79. The largest absolute Gasteiger partial charge is 0.481 e. The molecule has 112 valence electrons. The molecule has 0 aliphatic rings. The van der Waals surface area contributed by atoms with E-state index < -0.39 is 36.5 Å². The van der Waals surface area contributed by atoms with Gasteiger partial charge >= 0.3 is 11.9 Å². The Morgan fingerprint density at radius 3 is 2.11 bits per heavy atom. The molecule has 9 heteroatoms. The molecule has 0 heterocycles. The average Bonchev–Trinajstić information content (AvgIpc) is 2.36. The number of hydrogen-bond acceptors (Lipinski definition) is 7. The first-order valence-corrected chi connectivity index (χ1v) is 5.79. The molecule has 0 spiro atoms. The van der Waals surface area contributed by atoms with Crippen LogP contribution in [0.15, 0.2) is 0 Å². The van der Waals surface area contributed by atoms with Gasteiger partial charge in [-0.15, -0.1) is 0 Å². The quantitative estimate of drug-likeness (QED) is 0.206. The van der Waals surface area contributed by atoms with Crippen molar-refractivity contribution < 1.29 is 30.0 Å². The number of nitrogens with two attached hydrogens (primary N) is 1. The smallest absolute Gasteiger partial charge is 0.321 e. The van der Waals surface area contributed by atoms with Crippen molar-refractivity contribution in [2.45, 2.75) is 24.5 Å². The number of nitrogens with one attached hydrogen (secondary N) is 2. The van der Waals surface area contributed by atoms with Crippen molar-refractivity contribution in [1.29, 1.82) is 0 Å². The van der Waals surface area contributed by atoms with Crippen LogP contribution in [0.2, 0.25) is 0 Å². The van der Waals surface area contributed by atoms with E-state index in [1.807, 2.05) is 0 Å². The minimum absolute atomic E-state index is 0.0683. The molecular weight excluding hydrogens is 258 g/mol. The molecule has 0 fully saturated rings. The predicted molar refractivity (Wildman–Crippen MR) is 65.6 cm³/mol. The second-order valence-corrected chi connectivity index (χ2v) is 4.13. The molecule has 19 heavy (non-hydrogen) atoms. The molecule has 0 aromatic rings. The Kier molecular flexibility index (Phi) is 9.00. The monoisotopic (exact) mass is 279 g/mol. The summed E-state index contributed by atoms with van der Waals surface area (Å²) in [4.78, 5) is 21.3. The van der Waals surface area contributed by atoms with Gasteiger partial charge in [0.2, 0.25) is 0 Å². The van der Waals surface area contributed by atoms with E-state index >= 15 is 0 Å².